The molecule has 0 radical (unpaired) electrons. The highest BCUT2D eigenvalue weighted by atomic mass is 79.9. The highest BCUT2D eigenvalue weighted by molar-refractivity contribution is 9.08. The van der Waals surface area contributed by atoms with E-state index in [1.165, 1.54) is 5.56 Å². The molecule has 2 rings (SSSR count). The predicted octanol–water partition coefficient (Wildman–Crippen LogP) is 4.58. The minimum atomic E-state index is 0.0585. The van der Waals surface area contributed by atoms with Crippen LogP contribution in [0.2, 0.25) is 0 Å². The molecular formula is C15H13BrO2. The summed E-state index contributed by atoms with van der Waals surface area (Å²) in [5.74, 6) is 1.57. The summed E-state index contributed by atoms with van der Waals surface area (Å²) in [6.07, 6.45) is 0. The van der Waals surface area contributed by atoms with Gasteiger partial charge in [0.05, 0.1) is 0 Å². The van der Waals surface area contributed by atoms with Crippen LogP contribution in [0.25, 0.3) is 0 Å². The molecule has 0 spiro atoms. The molecule has 0 N–H and O–H groups in total. The molecule has 92 valence electrons. The van der Waals surface area contributed by atoms with Crippen LogP contribution in [-0.2, 0) is 5.33 Å². The van der Waals surface area contributed by atoms with Gasteiger partial charge in [0.25, 0.3) is 0 Å². The molecule has 0 bridgehead atoms. The van der Waals surface area contributed by atoms with Crippen LogP contribution >= 0.6 is 15.9 Å². The van der Waals surface area contributed by atoms with E-state index < -0.39 is 0 Å². The molecule has 0 aromatic heterocycles. The van der Waals surface area contributed by atoms with Crippen LogP contribution in [0.4, 0.5) is 0 Å². The van der Waals surface area contributed by atoms with Gasteiger partial charge in [-0.05, 0) is 48.9 Å². The number of hydrogen-bond acceptors (Lipinski definition) is 2. The number of rotatable bonds is 4. The van der Waals surface area contributed by atoms with Crippen LogP contribution < -0.4 is 4.74 Å². The van der Waals surface area contributed by atoms with Gasteiger partial charge in [-0.15, -0.1) is 0 Å². The summed E-state index contributed by atoms with van der Waals surface area (Å²) in [6.45, 7) is 1.55. The minimum Gasteiger partial charge on any atom is -0.457 e. The number of alkyl halides is 1. The summed E-state index contributed by atoms with van der Waals surface area (Å²) in [4.78, 5) is 11.1. The smallest absolute Gasteiger partial charge is 0.159 e. The fourth-order valence-corrected chi connectivity index (χ4v) is 1.91. The Morgan fingerprint density at radius 3 is 1.94 bits per heavy atom. The van der Waals surface area contributed by atoms with E-state index in [0.29, 0.717) is 5.56 Å². The summed E-state index contributed by atoms with van der Waals surface area (Å²) < 4.78 is 5.69. The molecule has 0 amide bonds. The molecule has 0 saturated carbocycles. The first-order chi connectivity index (χ1) is 8.69. The number of Topliss-reactive ketones (excluding diaryl/α,β-unsaturated/α-hetero) is 1. The van der Waals surface area contributed by atoms with Crippen molar-refractivity contribution in [1.29, 1.82) is 0 Å². The highest BCUT2D eigenvalue weighted by Crippen LogP contribution is 2.22. The first-order valence-electron chi connectivity index (χ1n) is 5.63. The van der Waals surface area contributed by atoms with Crippen molar-refractivity contribution < 1.29 is 9.53 Å². The number of carbonyl (C=O) groups excluding carboxylic acids is 1. The second-order valence-electron chi connectivity index (χ2n) is 3.96. The lowest BCUT2D eigenvalue weighted by atomic mass is 10.1. The molecule has 0 saturated heterocycles. The Labute approximate surface area is 115 Å². The third-order valence-electron chi connectivity index (χ3n) is 2.57. The van der Waals surface area contributed by atoms with Crippen molar-refractivity contribution in [2.75, 3.05) is 0 Å². The largest absolute Gasteiger partial charge is 0.457 e. The molecule has 3 heteroatoms. The van der Waals surface area contributed by atoms with Crippen LogP contribution in [0.3, 0.4) is 0 Å². The zero-order valence-corrected chi connectivity index (χ0v) is 11.6. The Morgan fingerprint density at radius 2 is 1.50 bits per heavy atom. The molecule has 2 aromatic carbocycles. The highest BCUT2D eigenvalue weighted by Gasteiger charge is 2.01. The van der Waals surface area contributed by atoms with Gasteiger partial charge in [-0.1, -0.05) is 28.1 Å². The Kier molecular flexibility index (Phi) is 4.15. The van der Waals surface area contributed by atoms with Gasteiger partial charge in [0.1, 0.15) is 11.5 Å². The van der Waals surface area contributed by atoms with Gasteiger partial charge in [-0.2, -0.15) is 0 Å². The molecule has 2 aromatic rings. The van der Waals surface area contributed by atoms with Crippen molar-refractivity contribution >= 4 is 21.7 Å². The predicted molar refractivity (Wildman–Crippen MR) is 75.6 cm³/mol. The molecular weight excluding hydrogens is 292 g/mol. The van der Waals surface area contributed by atoms with Gasteiger partial charge in [0.2, 0.25) is 0 Å². The summed E-state index contributed by atoms with van der Waals surface area (Å²) in [6, 6.07) is 15.0. The summed E-state index contributed by atoms with van der Waals surface area (Å²) in [7, 11) is 0. The monoisotopic (exact) mass is 304 g/mol. The Balaban J connectivity index is 2.10. The van der Waals surface area contributed by atoms with E-state index in [1.54, 1.807) is 31.2 Å². The Hall–Kier alpha value is -1.61. The van der Waals surface area contributed by atoms with Gasteiger partial charge in [-0.25, -0.2) is 0 Å². The van der Waals surface area contributed by atoms with Crippen LogP contribution in [0, 0.1) is 0 Å². The van der Waals surface area contributed by atoms with Crippen molar-refractivity contribution in [2.45, 2.75) is 12.3 Å². The van der Waals surface area contributed by atoms with E-state index in [1.807, 2.05) is 24.3 Å². The average Bonchev–Trinajstić information content (AvgIpc) is 2.40. The normalized spacial score (nSPS) is 10.1. The van der Waals surface area contributed by atoms with Crippen molar-refractivity contribution in [3.05, 3.63) is 59.7 Å². The average molecular weight is 305 g/mol. The second-order valence-corrected chi connectivity index (χ2v) is 4.52. The van der Waals surface area contributed by atoms with E-state index in [4.69, 9.17) is 4.74 Å². The van der Waals surface area contributed by atoms with Crippen molar-refractivity contribution in [2.24, 2.45) is 0 Å². The van der Waals surface area contributed by atoms with Gasteiger partial charge < -0.3 is 4.74 Å². The summed E-state index contributed by atoms with van der Waals surface area (Å²) in [5.41, 5.74) is 1.89. The number of ketones is 1. The molecule has 0 heterocycles. The lowest BCUT2D eigenvalue weighted by Crippen LogP contribution is -1.91. The van der Waals surface area contributed by atoms with E-state index in [0.717, 1.165) is 16.8 Å². The molecule has 18 heavy (non-hydrogen) atoms. The lowest BCUT2D eigenvalue weighted by Gasteiger charge is -2.06. The fraction of sp³-hybridized carbons (Fsp3) is 0.133. The quantitative estimate of drug-likeness (QED) is 0.610. The zero-order chi connectivity index (χ0) is 13.0. The standard InChI is InChI=1S/C15H13BrO2/c1-11(17)13-4-8-15(9-5-13)18-14-6-2-12(10-16)3-7-14/h2-9H,10H2,1H3. The maximum absolute atomic E-state index is 11.1. The van der Waals surface area contributed by atoms with Crippen LogP contribution in [0.15, 0.2) is 48.5 Å². The minimum absolute atomic E-state index is 0.0585. The van der Waals surface area contributed by atoms with Crippen LogP contribution in [0.5, 0.6) is 11.5 Å². The van der Waals surface area contributed by atoms with E-state index in [9.17, 15) is 4.79 Å². The van der Waals surface area contributed by atoms with Gasteiger partial charge in [-0.3, -0.25) is 4.79 Å². The molecule has 0 aliphatic rings. The molecule has 2 nitrogen and oxygen atoms in total. The van der Waals surface area contributed by atoms with Crippen molar-refractivity contribution in [3.8, 4) is 11.5 Å². The van der Waals surface area contributed by atoms with Gasteiger partial charge in [0, 0.05) is 10.9 Å². The molecule has 0 aliphatic heterocycles. The maximum atomic E-state index is 11.1. The van der Waals surface area contributed by atoms with Gasteiger partial charge >= 0.3 is 0 Å². The number of ether oxygens (including phenoxy) is 1. The topological polar surface area (TPSA) is 26.3 Å². The number of carbonyl (C=O) groups is 1. The first-order valence-corrected chi connectivity index (χ1v) is 6.75. The van der Waals surface area contributed by atoms with E-state index >= 15 is 0 Å². The van der Waals surface area contributed by atoms with Crippen molar-refractivity contribution in [3.63, 3.8) is 0 Å². The SMILES string of the molecule is CC(=O)c1ccc(Oc2ccc(CBr)cc2)cc1. The van der Waals surface area contributed by atoms with Crippen LogP contribution in [0.1, 0.15) is 22.8 Å². The van der Waals surface area contributed by atoms with Gasteiger partial charge in [0.15, 0.2) is 5.78 Å². The van der Waals surface area contributed by atoms with Crippen molar-refractivity contribution in [1.82, 2.24) is 0 Å². The molecule has 0 atom stereocenters. The summed E-state index contributed by atoms with van der Waals surface area (Å²) in [5, 5.41) is 0.834. The van der Waals surface area contributed by atoms with E-state index in [-0.39, 0.29) is 5.78 Å². The summed E-state index contributed by atoms with van der Waals surface area (Å²) >= 11 is 3.40. The molecule has 0 unspecified atom stereocenters. The molecule has 0 aliphatic carbocycles. The second kappa shape index (κ2) is 5.83. The fourth-order valence-electron chi connectivity index (χ4n) is 1.54. The first kappa shape index (κ1) is 12.8. The zero-order valence-electron chi connectivity index (χ0n) is 10.0. The number of halogens is 1. The number of hydrogen-bond donors (Lipinski definition) is 0. The third-order valence-corrected chi connectivity index (χ3v) is 3.22. The number of benzene rings is 2. The Bertz CT molecular complexity index is 529. The van der Waals surface area contributed by atoms with E-state index in [2.05, 4.69) is 15.9 Å². The van der Waals surface area contributed by atoms with Crippen LogP contribution in [-0.4, -0.2) is 5.78 Å². The molecule has 0 fully saturated rings. The third kappa shape index (κ3) is 3.20. The Morgan fingerprint density at radius 1 is 1.00 bits per heavy atom. The lowest BCUT2D eigenvalue weighted by molar-refractivity contribution is 0.101. The maximum Gasteiger partial charge on any atom is 0.159 e.